The third-order valence-corrected chi connectivity index (χ3v) is 5.15. The molecule has 0 bridgehead atoms. The van der Waals surface area contributed by atoms with E-state index in [1.165, 1.54) is 19.4 Å². The van der Waals surface area contributed by atoms with Crippen LogP contribution in [0.25, 0.3) is 10.9 Å². The number of nitriles is 1. The normalized spacial score (nSPS) is 16.3. The number of ether oxygens (including phenoxy) is 1. The molecule has 1 aromatic carbocycles. The van der Waals surface area contributed by atoms with Crippen LogP contribution in [0.4, 0.5) is 17.5 Å². The first kappa shape index (κ1) is 19.4. The Labute approximate surface area is 172 Å². The number of hydrogen-bond donors (Lipinski definition) is 1. The van der Waals surface area contributed by atoms with Crippen molar-refractivity contribution in [2.75, 3.05) is 30.4 Å². The fourth-order valence-electron chi connectivity index (χ4n) is 3.71. The highest BCUT2D eigenvalue weighted by molar-refractivity contribution is 5.92. The summed E-state index contributed by atoms with van der Waals surface area (Å²) < 4.78 is 6.82. The summed E-state index contributed by atoms with van der Waals surface area (Å²) in [4.78, 5) is 21.3. The lowest BCUT2D eigenvalue weighted by molar-refractivity contribution is -0.384. The molecule has 0 amide bonds. The summed E-state index contributed by atoms with van der Waals surface area (Å²) in [7, 11) is 3.25. The molecule has 1 N–H and O–H groups in total. The highest BCUT2D eigenvalue weighted by Gasteiger charge is 2.25. The van der Waals surface area contributed by atoms with Crippen LogP contribution in [0.3, 0.4) is 0 Å². The molecule has 11 nitrogen and oxygen atoms in total. The summed E-state index contributed by atoms with van der Waals surface area (Å²) in [5, 5.41) is 29.0. The highest BCUT2D eigenvalue weighted by atomic mass is 16.6. The van der Waals surface area contributed by atoms with Gasteiger partial charge in [-0.3, -0.25) is 14.8 Å². The molecule has 30 heavy (non-hydrogen) atoms. The average molecular weight is 408 g/mol. The second kappa shape index (κ2) is 7.82. The van der Waals surface area contributed by atoms with Crippen molar-refractivity contribution in [3.63, 3.8) is 0 Å². The predicted octanol–water partition coefficient (Wildman–Crippen LogP) is 2.23. The minimum Gasteiger partial charge on any atom is -0.480 e. The molecule has 0 radical (unpaired) electrons. The number of nitro groups is 1. The van der Waals surface area contributed by atoms with Crippen LogP contribution in [0.5, 0.6) is 5.88 Å². The lowest BCUT2D eigenvalue weighted by Crippen LogP contribution is -2.42. The summed E-state index contributed by atoms with van der Waals surface area (Å²) in [6.07, 6.45) is 3.31. The molecule has 0 saturated carbocycles. The standard InChI is InChI=1S/C19H20N8O3/c1-25-16-8-14(27(28)29)5-6-15(16)17(24-25)26-7-3-4-13(11-26)22-19-21-10-12(9-20)18(23-19)30-2/h5-6,8,10,13H,3-4,7,11H2,1-2H3,(H,21,22,23). The van der Waals surface area contributed by atoms with Crippen molar-refractivity contribution < 1.29 is 9.66 Å². The van der Waals surface area contributed by atoms with Gasteiger partial charge in [0.15, 0.2) is 5.82 Å². The van der Waals surface area contributed by atoms with Crippen molar-refractivity contribution in [1.29, 1.82) is 5.26 Å². The molecular weight excluding hydrogens is 388 g/mol. The number of aromatic nitrogens is 4. The summed E-state index contributed by atoms with van der Waals surface area (Å²) >= 11 is 0. The maximum absolute atomic E-state index is 11.1. The Bertz CT molecular complexity index is 1150. The molecule has 4 rings (SSSR count). The van der Waals surface area contributed by atoms with Gasteiger partial charge < -0.3 is 15.0 Å². The van der Waals surface area contributed by atoms with E-state index >= 15 is 0 Å². The molecule has 1 atom stereocenters. The van der Waals surface area contributed by atoms with Crippen molar-refractivity contribution in [2.24, 2.45) is 7.05 Å². The SMILES string of the molecule is COc1nc(NC2CCCN(c3nn(C)c4cc([N+](=O)[O-])ccc34)C2)ncc1C#N. The monoisotopic (exact) mass is 408 g/mol. The van der Waals surface area contributed by atoms with Crippen molar-refractivity contribution in [3.05, 3.63) is 40.1 Å². The van der Waals surface area contributed by atoms with Gasteiger partial charge in [0.25, 0.3) is 5.69 Å². The molecule has 2 aromatic heterocycles. The minimum atomic E-state index is -0.404. The molecule has 1 fully saturated rings. The van der Waals surface area contributed by atoms with Crippen molar-refractivity contribution in [1.82, 2.24) is 19.7 Å². The molecule has 3 heterocycles. The number of methoxy groups -OCH3 is 1. The Morgan fingerprint density at radius 1 is 1.43 bits per heavy atom. The number of aryl methyl sites for hydroxylation is 1. The average Bonchev–Trinajstić information content (AvgIpc) is 3.10. The van der Waals surface area contributed by atoms with Crippen LogP contribution >= 0.6 is 0 Å². The number of nitrogens with zero attached hydrogens (tertiary/aromatic N) is 7. The maximum Gasteiger partial charge on any atom is 0.271 e. The van der Waals surface area contributed by atoms with Crippen LogP contribution in [0, 0.1) is 21.4 Å². The first-order valence-electron chi connectivity index (χ1n) is 9.44. The first-order valence-corrected chi connectivity index (χ1v) is 9.44. The van der Waals surface area contributed by atoms with E-state index in [0.29, 0.717) is 12.5 Å². The third-order valence-electron chi connectivity index (χ3n) is 5.15. The number of anilines is 2. The van der Waals surface area contributed by atoms with E-state index in [1.54, 1.807) is 23.9 Å². The second-order valence-electron chi connectivity index (χ2n) is 7.06. The Hall–Kier alpha value is -3.94. The molecule has 0 aliphatic carbocycles. The number of piperidine rings is 1. The van der Waals surface area contributed by atoms with E-state index in [4.69, 9.17) is 10.00 Å². The van der Waals surface area contributed by atoms with E-state index in [1.807, 2.05) is 6.07 Å². The molecule has 154 valence electrons. The Balaban J connectivity index is 1.56. The van der Waals surface area contributed by atoms with Gasteiger partial charge in [0.05, 0.1) is 23.7 Å². The zero-order valence-electron chi connectivity index (χ0n) is 16.6. The number of nitro benzene ring substituents is 1. The molecule has 1 saturated heterocycles. The fourth-order valence-corrected chi connectivity index (χ4v) is 3.71. The number of nitrogens with one attached hydrogen (secondary N) is 1. The molecule has 0 spiro atoms. The minimum absolute atomic E-state index is 0.0437. The zero-order valence-corrected chi connectivity index (χ0v) is 16.6. The van der Waals surface area contributed by atoms with Gasteiger partial charge in [-0.1, -0.05) is 0 Å². The molecule has 1 aliphatic heterocycles. The Morgan fingerprint density at radius 2 is 2.27 bits per heavy atom. The van der Waals surface area contributed by atoms with E-state index in [0.717, 1.165) is 36.1 Å². The topological polar surface area (TPSA) is 135 Å². The molecule has 3 aromatic rings. The van der Waals surface area contributed by atoms with Gasteiger partial charge in [-0.05, 0) is 18.9 Å². The summed E-state index contributed by atoms with van der Waals surface area (Å²) in [6, 6.07) is 6.87. The summed E-state index contributed by atoms with van der Waals surface area (Å²) in [5.74, 6) is 1.44. The maximum atomic E-state index is 11.1. The number of benzene rings is 1. The van der Waals surface area contributed by atoms with Gasteiger partial charge in [0, 0.05) is 43.7 Å². The lowest BCUT2D eigenvalue weighted by atomic mass is 10.1. The number of rotatable bonds is 5. The van der Waals surface area contributed by atoms with Crippen LogP contribution in [-0.4, -0.2) is 50.9 Å². The summed E-state index contributed by atoms with van der Waals surface area (Å²) in [5.41, 5.74) is 1.04. The van der Waals surface area contributed by atoms with Crippen LogP contribution in [-0.2, 0) is 7.05 Å². The largest absolute Gasteiger partial charge is 0.480 e. The van der Waals surface area contributed by atoms with Gasteiger partial charge in [-0.15, -0.1) is 0 Å². The van der Waals surface area contributed by atoms with E-state index in [-0.39, 0.29) is 23.2 Å². The fraction of sp³-hybridized carbons (Fsp3) is 0.368. The van der Waals surface area contributed by atoms with E-state index < -0.39 is 4.92 Å². The Morgan fingerprint density at radius 3 is 3.00 bits per heavy atom. The predicted molar refractivity (Wildman–Crippen MR) is 110 cm³/mol. The lowest BCUT2D eigenvalue weighted by Gasteiger charge is -2.33. The molecule has 1 aliphatic rings. The van der Waals surface area contributed by atoms with Gasteiger partial charge in [0.1, 0.15) is 11.6 Å². The van der Waals surface area contributed by atoms with Crippen LogP contribution < -0.4 is 15.0 Å². The zero-order chi connectivity index (χ0) is 21.3. The van der Waals surface area contributed by atoms with Crippen molar-refractivity contribution in [2.45, 2.75) is 18.9 Å². The van der Waals surface area contributed by atoms with Gasteiger partial charge in [0.2, 0.25) is 11.8 Å². The van der Waals surface area contributed by atoms with Crippen LogP contribution in [0.15, 0.2) is 24.4 Å². The smallest absolute Gasteiger partial charge is 0.271 e. The highest BCUT2D eigenvalue weighted by Crippen LogP contribution is 2.31. The first-order chi connectivity index (χ1) is 14.5. The second-order valence-corrected chi connectivity index (χ2v) is 7.06. The Kier molecular flexibility index (Phi) is 5.05. The number of non-ortho nitro benzene ring substituents is 1. The van der Waals surface area contributed by atoms with Crippen molar-refractivity contribution >= 4 is 28.4 Å². The molecule has 1 unspecified atom stereocenters. The number of fused-ring (bicyclic) bond motifs is 1. The third kappa shape index (κ3) is 3.55. The van der Waals surface area contributed by atoms with Gasteiger partial charge in [-0.25, -0.2) is 4.98 Å². The summed E-state index contributed by atoms with van der Waals surface area (Å²) in [6.45, 7) is 1.51. The van der Waals surface area contributed by atoms with Gasteiger partial charge in [-0.2, -0.15) is 15.3 Å². The number of hydrogen-bond acceptors (Lipinski definition) is 9. The quantitative estimate of drug-likeness (QED) is 0.498. The molecule has 11 heteroatoms. The van der Waals surface area contributed by atoms with Crippen LogP contribution in [0.2, 0.25) is 0 Å². The van der Waals surface area contributed by atoms with Crippen LogP contribution in [0.1, 0.15) is 18.4 Å². The van der Waals surface area contributed by atoms with Crippen molar-refractivity contribution in [3.8, 4) is 11.9 Å². The molecular formula is C19H20N8O3. The van der Waals surface area contributed by atoms with E-state index in [2.05, 4.69) is 25.3 Å². The van der Waals surface area contributed by atoms with Gasteiger partial charge >= 0.3 is 0 Å². The van der Waals surface area contributed by atoms with E-state index in [9.17, 15) is 10.1 Å².